The van der Waals surface area contributed by atoms with Crippen LogP contribution < -0.4 is 0 Å². The van der Waals surface area contributed by atoms with Crippen LogP contribution in [-0.2, 0) is 9.53 Å². The highest BCUT2D eigenvalue weighted by atomic mass is 16.5. The highest BCUT2D eigenvalue weighted by Gasteiger charge is 2.47. The lowest BCUT2D eigenvalue weighted by Crippen LogP contribution is -2.37. The summed E-state index contributed by atoms with van der Waals surface area (Å²) in [7, 11) is 0. The van der Waals surface area contributed by atoms with Gasteiger partial charge in [-0.3, -0.25) is 4.79 Å². The predicted molar refractivity (Wildman–Crippen MR) is 74.6 cm³/mol. The summed E-state index contributed by atoms with van der Waals surface area (Å²) in [4.78, 5) is 12.2. The first kappa shape index (κ1) is 14.8. The van der Waals surface area contributed by atoms with Gasteiger partial charge >= 0.3 is 5.97 Å². The van der Waals surface area contributed by atoms with Crippen molar-refractivity contribution < 1.29 is 14.6 Å². The van der Waals surface area contributed by atoms with Crippen LogP contribution in [0, 0.1) is 17.3 Å². The SMILES string of the molecule is CCC(C)(C)C(=O)OC1CCCC2CC(C)(O)CC21. The van der Waals surface area contributed by atoms with Gasteiger partial charge in [0, 0.05) is 5.92 Å². The zero-order valence-electron chi connectivity index (χ0n) is 12.7. The van der Waals surface area contributed by atoms with Gasteiger partial charge in [0.1, 0.15) is 6.10 Å². The lowest BCUT2D eigenvalue weighted by Gasteiger charge is -2.35. The van der Waals surface area contributed by atoms with Crippen molar-refractivity contribution in [3.8, 4) is 0 Å². The number of hydrogen-bond acceptors (Lipinski definition) is 3. The molecule has 0 saturated heterocycles. The summed E-state index contributed by atoms with van der Waals surface area (Å²) in [5.41, 5.74) is -0.960. The van der Waals surface area contributed by atoms with Gasteiger partial charge in [-0.15, -0.1) is 0 Å². The molecule has 2 fully saturated rings. The molecule has 0 aromatic heterocycles. The maximum atomic E-state index is 12.2. The Hall–Kier alpha value is -0.570. The number of hydrogen-bond donors (Lipinski definition) is 1. The summed E-state index contributed by atoms with van der Waals surface area (Å²) in [5.74, 6) is 0.818. The number of carbonyl (C=O) groups is 1. The Bertz CT molecular complexity index is 346. The van der Waals surface area contributed by atoms with Crippen molar-refractivity contribution in [3.63, 3.8) is 0 Å². The Morgan fingerprint density at radius 1 is 1.37 bits per heavy atom. The standard InChI is InChI=1S/C16H28O3/c1-5-15(2,3)14(17)19-13-8-6-7-11-9-16(4,18)10-12(11)13/h11-13,18H,5-10H2,1-4H3. The fourth-order valence-electron chi connectivity index (χ4n) is 3.61. The lowest BCUT2D eigenvalue weighted by atomic mass is 9.79. The topological polar surface area (TPSA) is 46.5 Å². The molecule has 3 heteroatoms. The zero-order chi connectivity index (χ0) is 14.3. The molecule has 4 unspecified atom stereocenters. The van der Waals surface area contributed by atoms with Crippen molar-refractivity contribution in [2.75, 3.05) is 0 Å². The Morgan fingerprint density at radius 2 is 2.05 bits per heavy atom. The van der Waals surface area contributed by atoms with Crippen molar-refractivity contribution in [2.45, 2.75) is 77.9 Å². The molecule has 2 rings (SSSR count). The normalized spacial score (nSPS) is 38.9. The van der Waals surface area contributed by atoms with Gasteiger partial charge in [-0.25, -0.2) is 0 Å². The summed E-state index contributed by atoms with van der Waals surface area (Å²) in [5, 5.41) is 10.2. The molecule has 4 atom stereocenters. The van der Waals surface area contributed by atoms with Crippen LogP contribution in [0.25, 0.3) is 0 Å². The van der Waals surface area contributed by atoms with Crippen LogP contribution in [0.5, 0.6) is 0 Å². The second-order valence-electron chi connectivity index (χ2n) is 7.44. The van der Waals surface area contributed by atoms with Gasteiger partial charge in [0.2, 0.25) is 0 Å². The molecule has 0 heterocycles. The van der Waals surface area contributed by atoms with Crippen molar-refractivity contribution in [3.05, 3.63) is 0 Å². The van der Waals surface area contributed by atoms with Gasteiger partial charge in [-0.2, -0.15) is 0 Å². The molecule has 3 nitrogen and oxygen atoms in total. The van der Waals surface area contributed by atoms with Gasteiger partial charge < -0.3 is 9.84 Å². The lowest BCUT2D eigenvalue weighted by molar-refractivity contribution is -0.165. The maximum absolute atomic E-state index is 12.2. The average Bonchev–Trinajstić information content (AvgIpc) is 2.64. The van der Waals surface area contributed by atoms with Gasteiger partial charge in [-0.05, 0) is 65.2 Å². The highest BCUT2D eigenvalue weighted by molar-refractivity contribution is 5.76. The Morgan fingerprint density at radius 3 is 2.68 bits per heavy atom. The van der Waals surface area contributed by atoms with Crippen LogP contribution in [0.4, 0.5) is 0 Å². The summed E-state index contributed by atoms with van der Waals surface area (Å²) < 4.78 is 5.80. The number of ether oxygens (including phenoxy) is 1. The molecule has 110 valence electrons. The second kappa shape index (κ2) is 5.08. The van der Waals surface area contributed by atoms with Gasteiger partial charge in [0.05, 0.1) is 11.0 Å². The number of esters is 1. The van der Waals surface area contributed by atoms with E-state index >= 15 is 0 Å². The first-order valence-electron chi connectivity index (χ1n) is 7.68. The van der Waals surface area contributed by atoms with E-state index in [9.17, 15) is 9.90 Å². The summed E-state index contributed by atoms with van der Waals surface area (Å²) in [6.45, 7) is 7.83. The van der Waals surface area contributed by atoms with E-state index in [-0.39, 0.29) is 12.1 Å². The molecule has 0 amide bonds. The predicted octanol–water partition coefficient (Wildman–Crippen LogP) is 3.30. The van der Waals surface area contributed by atoms with Crippen LogP contribution >= 0.6 is 0 Å². The van der Waals surface area contributed by atoms with Crippen molar-refractivity contribution in [1.82, 2.24) is 0 Å². The highest BCUT2D eigenvalue weighted by Crippen LogP contribution is 2.48. The van der Waals surface area contributed by atoms with Gasteiger partial charge in [-0.1, -0.05) is 6.92 Å². The number of carbonyl (C=O) groups excluding carboxylic acids is 1. The number of fused-ring (bicyclic) bond motifs is 1. The minimum Gasteiger partial charge on any atom is -0.462 e. The van der Waals surface area contributed by atoms with Crippen LogP contribution in [-0.4, -0.2) is 22.8 Å². The fourth-order valence-corrected chi connectivity index (χ4v) is 3.61. The first-order chi connectivity index (χ1) is 8.75. The zero-order valence-corrected chi connectivity index (χ0v) is 12.7. The van der Waals surface area contributed by atoms with E-state index in [0.29, 0.717) is 11.8 Å². The van der Waals surface area contributed by atoms with Gasteiger partial charge in [0.25, 0.3) is 0 Å². The number of rotatable bonds is 3. The maximum Gasteiger partial charge on any atom is 0.311 e. The van der Waals surface area contributed by atoms with E-state index in [1.54, 1.807) is 0 Å². The second-order valence-corrected chi connectivity index (χ2v) is 7.44. The van der Waals surface area contributed by atoms with Crippen molar-refractivity contribution in [1.29, 1.82) is 0 Å². The van der Waals surface area contributed by atoms with E-state index in [4.69, 9.17) is 4.74 Å². The van der Waals surface area contributed by atoms with Crippen LogP contribution in [0.2, 0.25) is 0 Å². The summed E-state index contributed by atoms with van der Waals surface area (Å²) >= 11 is 0. The minimum atomic E-state index is -0.565. The van der Waals surface area contributed by atoms with Crippen LogP contribution in [0.3, 0.4) is 0 Å². The molecule has 2 aliphatic carbocycles. The van der Waals surface area contributed by atoms with E-state index in [0.717, 1.165) is 32.1 Å². The first-order valence-corrected chi connectivity index (χ1v) is 7.68. The molecule has 0 radical (unpaired) electrons. The Kier molecular flexibility index (Phi) is 3.97. The minimum absolute atomic E-state index is 0.0195. The molecule has 0 aromatic carbocycles. The summed E-state index contributed by atoms with van der Waals surface area (Å²) in [6, 6.07) is 0. The molecule has 2 aliphatic rings. The molecule has 0 aromatic rings. The molecule has 1 N–H and O–H groups in total. The van der Waals surface area contributed by atoms with Crippen LogP contribution in [0.15, 0.2) is 0 Å². The van der Waals surface area contributed by atoms with Crippen molar-refractivity contribution >= 4 is 5.97 Å². The fraction of sp³-hybridized carbons (Fsp3) is 0.938. The van der Waals surface area contributed by atoms with Crippen LogP contribution in [0.1, 0.15) is 66.2 Å². The van der Waals surface area contributed by atoms with E-state index in [1.165, 1.54) is 6.42 Å². The third-order valence-corrected chi connectivity index (χ3v) is 5.22. The van der Waals surface area contributed by atoms with E-state index in [1.807, 2.05) is 27.7 Å². The average molecular weight is 268 g/mol. The molecule has 19 heavy (non-hydrogen) atoms. The molecule has 0 aliphatic heterocycles. The molecular weight excluding hydrogens is 240 g/mol. The van der Waals surface area contributed by atoms with Gasteiger partial charge in [0.15, 0.2) is 0 Å². The summed E-state index contributed by atoms with van der Waals surface area (Å²) in [6.07, 6.45) is 5.71. The largest absolute Gasteiger partial charge is 0.462 e. The molecular formula is C16H28O3. The molecule has 2 saturated carbocycles. The quantitative estimate of drug-likeness (QED) is 0.799. The monoisotopic (exact) mass is 268 g/mol. The van der Waals surface area contributed by atoms with Crippen molar-refractivity contribution in [2.24, 2.45) is 17.3 Å². The molecule has 0 spiro atoms. The smallest absolute Gasteiger partial charge is 0.311 e. The number of aliphatic hydroxyl groups is 1. The van der Waals surface area contributed by atoms with E-state index in [2.05, 4.69) is 0 Å². The molecule has 0 bridgehead atoms. The Balaban J connectivity index is 2.03. The third kappa shape index (κ3) is 3.13. The van der Waals surface area contributed by atoms with E-state index < -0.39 is 11.0 Å². The Labute approximate surface area is 116 Å². The third-order valence-electron chi connectivity index (χ3n) is 5.22.